The van der Waals surface area contributed by atoms with E-state index in [0.717, 1.165) is 89.4 Å². The molecule has 0 spiro atoms. The second-order valence-corrected chi connectivity index (χ2v) is 23.7. The average molecular weight is 1060 g/mol. The number of aromatic nitrogens is 5. The van der Waals surface area contributed by atoms with Gasteiger partial charge in [-0.3, -0.25) is 9.97 Å². The summed E-state index contributed by atoms with van der Waals surface area (Å²) in [7, 11) is -1.25. The summed E-state index contributed by atoms with van der Waals surface area (Å²) < 4.78 is 8.91. The zero-order valence-corrected chi connectivity index (χ0v) is 42.5. The zero-order valence-electron chi connectivity index (χ0n) is 39.1. The smallest absolute Gasteiger partial charge is 0.216 e. The number of imidazole rings is 1. The minimum atomic E-state index is -1.25. The summed E-state index contributed by atoms with van der Waals surface area (Å²) in [6, 6.07) is 55.4. The van der Waals surface area contributed by atoms with Gasteiger partial charge in [0.2, 0.25) is 5.71 Å². The van der Waals surface area contributed by atoms with E-state index in [4.69, 9.17) is 19.4 Å². The molecular formula is C58H55IrN5OSi-2. The molecule has 0 aliphatic rings. The Balaban J connectivity index is 0.000000249. The van der Waals surface area contributed by atoms with E-state index in [1.807, 2.05) is 31.5 Å². The first-order valence-corrected chi connectivity index (χ1v) is 26.2. The molecule has 6 nitrogen and oxygen atoms in total. The van der Waals surface area contributed by atoms with Crippen LogP contribution < -0.4 is 5.19 Å². The van der Waals surface area contributed by atoms with Crippen molar-refractivity contribution in [1.82, 2.24) is 24.5 Å². The van der Waals surface area contributed by atoms with Gasteiger partial charge in [-0.05, 0) is 53.0 Å². The molecule has 10 rings (SSSR count). The molecule has 1 unspecified atom stereocenters. The molecule has 8 heteroatoms. The van der Waals surface area contributed by atoms with Crippen LogP contribution in [0, 0.1) is 25.0 Å². The molecule has 0 bridgehead atoms. The first-order chi connectivity index (χ1) is 31.4. The fourth-order valence-electron chi connectivity index (χ4n) is 8.40. The van der Waals surface area contributed by atoms with Gasteiger partial charge in [0.15, 0.2) is 0 Å². The molecule has 0 aliphatic carbocycles. The summed E-state index contributed by atoms with van der Waals surface area (Å²) in [4.78, 5) is 19.6. The van der Waals surface area contributed by atoms with Crippen LogP contribution in [0.3, 0.4) is 0 Å². The normalized spacial score (nSPS) is 12.1. The Labute approximate surface area is 403 Å². The molecule has 5 aromatic carbocycles. The van der Waals surface area contributed by atoms with Gasteiger partial charge < -0.3 is 14.0 Å². The van der Waals surface area contributed by atoms with Crippen LogP contribution in [0.5, 0.6) is 0 Å². The Morgan fingerprint density at radius 1 is 0.667 bits per heavy atom. The van der Waals surface area contributed by atoms with Gasteiger partial charge >= 0.3 is 0 Å². The molecule has 333 valence electrons. The summed E-state index contributed by atoms with van der Waals surface area (Å²) in [5.74, 6) is 2.08. The number of nitrogens with zero attached hydrogens (tertiary/aromatic N) is 5. The number of benzene rings is 5. The third-order valence-corrected chi connectivity index (χ3v) is 14.6. The van der Waals surface area contributed by atoms with Crippen molar-refractivity contribution in [1.29, 1.82) is 0 Å². The molecule has 1 radical (unpaired) electrons. The number of fused-ring (bicyclic) bond motifs is 4. The fourth-order valence-corrected chi connectivity index (χ4v) is 9.44. The van der Waals surface area contributed by atoms with E-state index < -0.39 is 8.07 Å². The largest absolute Gasteiger partial charge is 0.486 e. The number of rotatable bonds is 9. The van der Waals surface area contributed by atoms with Crippen LogP contribution in [0.1, 0.15) is 63.4 Å². The van der Waals surface area contributed by atoms with Crippen LogP contribution in [0.25, 0.3) is 83.7 Å². The molecule has 66 heavy (non-hydrogen) atoms. The van der Waals surface area contributed by atoms with Crippen molar-refractivity contribution < 1.29 is 24.5 Å². The van der Waals surface area contributed by atoms with Gasteiger partial charge in [-0.1, -0.05) is 162 Å². The predicted molar refractivity (Wildman–Crippen MR) is 273 cm³/mol. The average Bonchev–Trinajstić information content (AvgIpc) is 3.91. The van der Waals surface area contributed by atoms with Crippen molar-refractivity contribution in [2.75, 3.05) is 0 Å². The summed E-state index contributed by atoms with van der Waals surface area (Å²) in [6.07, 6.45) is 3.86. The third kappa shape index (κ3) is 9.10. The summed E-state index contributed by atoms with van der Waals surface area (Å²) in [6.45, 7) is 20.1. The van der Waals surface area contributed by atoms with Crippen LogP contribution in [0.4, 0.5) is 0 Å². The molecule has 5 aromatic heterocycles. The molecule has 5 heterocycles. The van der Waals surface area contributed by atoms with Gasteiger partial charge in [-0.25, -0.2) is 4.98 Å². The van der Waals surface area contributed by atoms with E-state index in [1.54, 1.807) is 0 Å². The molecule has 0 fully saturated rings. The fraction of sp³-hybridized carbons (Fsp3) is 0.207. The quantitative estimate of drug-likeness (QED) is 0.106. The summed E-state index contributed by atoms with van der Waals surface area (Å²) >= 11 is 0. The molecule has 0 saturated carbocycles. The number of furan rings is 1. The van der Waals surface area contributed by atoms with Crippen molar-refractivity contribution >= 4 is 46.4 Å². The van der Waals surface area contributed by atoms with Crippen LogP contribution >= 0.6 is 0 Å². The summed E-state index contributed by atoms with van der Waals surface area (Å²) in [5, 5.41) is 3.38. The Morgan fingerprint density at radius 3 is 1.95 bits per heavy atom. The maximum atomic E-state index is 6.64. The molecular weight excluding hydrogens is 1000 g/mol. The van der Waals surface area contributed by atoms with E-state index in [-0.39, 0.29) is 20.1 Å². The van der Waals surface area contributed by atoms with Crippen LogP contribution in [-0.2, 0) is 20.1 Å². The maximum Gasteiger partial charge on any atom is 0.216 e. The van der Waals surface area contributed by atoms with Gasteiger partial charge in [-0.2, -0.15) is 0 Å². The molecule has 0 aliphatic heterocycles. The maximum absolute atomic E-state index is 6.64. The van der Waals surface area contributed by atoms with E-state index in [2.05, 4.69) is 203 Å². The first-order valence-electron chi connectivity index (χ1n) is 22.7. The Kier molecular flexibility index (Phi) is 13.5. The number of para-hydroxylation sites is 1. The van der Waals surface area contributed by atoms with Gasteiger partial charge in [0.05, 0.1) is 41.9 Å². The Hall–Kier alpha value is -6.31. The third-order valence-electron chi connectivity index (χ3n) is 12.6. The SMILES string of the molecule is CC(C)c1c[c-]c(-c2ccc([Si](C)(C)C)cn2)cc1.Cc1nccc2nc(-c3[c-]ccc4c3oc3nc(C(C)C(C)C)ccc34)n(-c3c(-c4ccccc4)cccc3-c3ccccc3)c12.[Ir]. The van der Waals surface area contributed by atoms with E-state index in [1.165, 1.54) is 10.8 Å². The number of pyridine rings is 3. The summed E-state index contributed by atoms with van der Waals surface area (Å²) in [5.41, 5.74) is 14.7. The number of hydrogen-bond donors (Lipinski definition) is 0. The topological polar surface area (TPSA) is 69.6 Å². The first kappa shape index (κ1) is 46.2. The number of aryl methyl sites for hydroxylation is 1. The Morgan fingerprint density at radius 2 is 1.36 bits per heavy atom. The zero-order chi connectivity index (χ0) is 45.4. The molecule has 0 N–H and O–H groups in total. The molecule has 0 saturated heterocycles. The van der Waals surface area contributed by atoms with Crippen molar-refractivity contribution in [3.8, 4) is 50.6 Å². The van der Waals surface area contributed by atoms with Crippen molar-refractivity contribution in [2.45, 2.75) is 73.0 Å². The van der Waals surface area contributed by atoms with Crippen molar-refractivity contribution in [2.24, 2.45) is 5.92 Å². The van der Waals surface area contributed by atoms with Gasteiger partial charge in [0.1, 0.15) is 0 Å². The molecule has 0 amide bonds. The van der Waals surface area contributed by atoms with Crippen molar-refractivity contribution in [3.63, 3.8) is 0 Å². The van der Waals surface area contributed by atoms with Crippen LogP contribution in [0.2, 0.25) is 19.6 Å². The molecule has 10 aromatic rings. The Bertz CT molecular complexity index is 3200. The monoisotopic (exact) mass is 1060 g/mol. The van der Waals surface area contributed by atoms with E-state index in [0.29, 0.717) is 23.5 Å². The van der Waals surface area contributed by atoms with Gasteiger partial charge in [-0.15, -0.1) is 53.6 Å². The van der Waals surface area contributed by atoms with E-state index in [9.17, 15) is 0 Å². The predicted octanol–water partition coefficient (Wildman–Crippen LogP) is 14.8. The second-order valence-electron chi connectivity index (χ2n) is 18.7. The van der Waals surface area contributed by atoms with Gasteiger partial charge in [0, 0.05) is 60.6 Å². The van der Waals surface area contributed by atoms with Crippen LogP contribution in [-0.4, -0.2) is 32.6 Å². The standard InChI is InChI=1S/C41H33N4O.C17H22NSi.Ir/c1-25(2)26(3)35-22-21-33-32-19-12-20-34(39(32)46-41(33)44-35)40-43-36-23-24-42-27(4)37(36)45(40)38-30(28-13-7-5-8-14-28)17-11-18-31(38)29-15-9-6-10-16-29;1-13(2)14-6-8-15(9-7-14)17-11-10-16(12-18-17)19(3,4)5;/h5-19,21-26H,1-4H3;6-8,10-13H,1-5H3;/q2*-1;. The molecule has 1 atom stereocenters. The number of hydrogen-bond acceptors (Lipinski definition) is 5. The second kappa shape index (κ2) is 19.3. The minimum absolute atomic E-state index is 0. The van der Waals surface area contributed by atoms with Gasteiger partial charge in [0.25, 0.3) is 0 Å². The van der Waals surface area contributed by atoms with Crippen molar-refractivity contribution in [3.05, 3.63) is 181 Å². The van der Waals surface area contributed by atoms with Crippen LogP contribution in [0.15, 0.2) is 156 Å². The van der Waals surface area contributed by atoms with E-state index >= 15 is 0 Å². The minimum Gasteiger partial charge on any atom is -0.486 e.